The number of rotatable bonds is 1. The van der Waals surface area contributed by atoms with Crippen LogP contribution in [0.4, 0.5) is 0 Å². The van der Waals surface area contributed by atoms with E-state index < -0.39 is 11.4 Å². The molecule has 0 saturated heterocycles. The minimum Gasteiger partial charge on any atom is -0.365 e. The van der Waals surface area contributed by atoms with Crippen LogP contribution in [0, 0.1) is 0 Å². The fourth-order valence-electron chi connectivity index (χ4n) is 1.98. The Bertz CT molecular complexity index is 681. The smallest absolute Gasteiger partial charge is 0.264 e. The van der Waals surface area contributed by atoms with Gasteiger partial charge in [-0.05, 0) is 39.0 Å². The molecule has 0 aliphatic heterocycles. The SMILES string of the molecule is CC(C)(C)n1c(=O)c(C(N)=O)cc2ncccc21. The maximum atomic E-state index is 12.3. The minimum absolute atomic E-state index is 0.0314. The van der Waals surface area contributed by atoms with Gasteiger partial charge in [-0.3, -0.25) is 14.6 Å². The summed E-state index contributed by atoms with van der Waals surface area (Å²) in [5.41, 5.74) is 5.65. The van der Waals surface area contributed by atoms with Gasteiger partial charge >= 0.3 is 0 Å². The molecular weight excluding hydrogens is 230 g/mol. The van der Waals surface area contributed by atoms with Crippen molar-refractivity contribution in [1.29, 1.82) is 0 Å². The predicted molar refractivity (Wildman–Crippen MR) is 69.5 cm³/mol. The molecule has 5 nitrogen and oxygen atoms in total. The Hall–Kier alpha value is -2.17. The van der Waals surface area contributed by atoms with Crippen LogP contribution in [0.25, 0.3) is 11.0 Å². The molecule has 18 heavy (non-hydrogen) atoms. The second kappa shape index (κ2) is 3.94. The van der Waals surface area contributed by atoms with Gasteiger partial charge in [0.2, 0.25) is 0 Å². The van der Waals surface area contributed by atoms with E-state index >= 15 is 0 Å². The topological polar surface area (TPSA) is 78.0 Å². The van der Waals surface area contributed by atoms with Gasteiger partial charge in [-0.15, -0.1) is 0 Å². The van der Waals surface area contributed by atoms with Crippen molar-refractivity contribution in [3.8, 4) is 0 Å². The minimum atomic E-state index is -0.731. The van der Waals surface area contributed by atoms with E-state index in [4.69, 9.17) is 5.73 Å². The summed E-state index contributed by atoms with van der Waals surface area (Å²) in [6.07, 6.45) is 1.62. The van der Waals surface area contributed by atoms with Crippen molar-refractivity contribution in [2.45, 2.75) is 26.3 Å². The highest BCUT2D eigenvalue weighted by molar-refractivity contribution is 5.95. The van der Waals surface area contributed by atoms with E-state index in [1.54, 1.807) is 22.9 Å². The van der Waals surface area contributed by atoms with Crippen molar-refractivity contribution < 1.29 is 4.79 Å². The normalized spacial score (nSPS) is 11.7. The molecule has 94 valence electrons. The van der Waals surface area contributed by atoms with E-state index in [-0.39, 0.29) is 11.1 Å². The van der Waals surface area contributed by atoms with Crippen molar-refractivity contribution in [1.82, 2.24) is 9.55 Å². The maximum absolute atomic E-state index is 12.3. The molecule has 0 fully saturated rings. The van der Waals surface area contributed by atoms with Crippen molar-refractivity contribution in [2.24, 2.45) is 5.73 Å². The van der Waals surface area contributed by atoms with Crippen LogP contribution in [0.1, 0.15) is 31.1 Å². The molecule has 2 aromatic heterocycles. The van der Waals surface area contributed by atoms with E-state index in [1.165, 1.54) is 6.07 Å². The summed E-state index contributed by atoms with van der Waals surface area (Å²) in [5, 5.41) is 0. The highest BCUT2D eigenvalue weighted by Gasteiger charge is 2.21. The number of carbonyl (C=O) groups excluding carboxylic acids is 1. The van der Waals surface area contributed by atoms with Gasteiger partial charge in [0.15, 0.2) is 0 Å². The average molecular weight is 245 g/mol. The van der Waals surface area contributed by atoms with Gasteiger partial charge in [0.1, 0.15) is 5.56 Å². The predicted octanol–water partition coefficient (Wildman–Crippen LogP) is 1.25. The van der Waals surface area contributed by atoms with E-state index in [0.29, 0.717) is 11.0 Å². The largest absolute Gasteiger partial charge is 0.365 e. The van der Waals surface area contributed by atoms with Crippen LogP contribution in [-0.2, 0) is 5.54 Å². The van der Waals surface area contributed by atoms with Gasteiger partial charge in [-0.25, -0.2) is 0 Å². The second-order valence-corrected chi connectivity index (χ2v) is 5.14. The Morgan fingerprint density at radius 2 is 2.06 bits per heavy atom. The van der Waals surface area contributed by atoms with Crippen LogP contribution >= 0.6 is 0 Å². The first kappa shape index (κ1) is 12.3. The fraction of sp³-hybridized carbons (Fsp3) is 0.308. The number of carbonyl (C=O) groups is 1. The Labute approximate surface area is 104 Å². The van der Waals surface area contributed by atoms with Crippen LogP contribution in [0.3, 0.4) is 0 Å². The van der Waals surface area contributed by atoms with Gasteiger partial charge in [-0.1, -0.05) is 0 Å². The van der Waals surface area contributed by atoms with Gasteiger partial charge in [-0.2, -0.15) is 0 Å². The summed E-state index contributed by atoms with van der Waals surface area (Å²) in [7, 11) is 0. The van der Waals surface area contributed by atoms with Gasteiger partial charge in [0, 0.05) is 11.7 Å². The molecule has 0 bridgehead atoms. The second-order valence-electron chi connectivity index (χ2n) is 5.14. The highest BCUT2D eigenvalue weighted by Crippen LogP contribution is 2.19. The summed E-state index contributed by atoms with van der Waals surface area (Å²) in [6.45, 7) is 5.68. The molecule has 0 saturated carbocycles. The van der Waals surface area contributed by atoms with E-state index in [2.05, 4.69) is 4.98 Å². The van der Waals surface area contributed by atoms with Crippen LogP contribution in [0.2, 0.25) is 0 Å². The number of fused-ring (bicyclic) bond motifs is 1. The summed E-state index contributed by atoms with van der Waals surface area (Å²) >= 11 is 0. The van der Waals surface area contributed by atoms with Crippen molar-refractivity contribution >= 4 is 16.9 Å². The number of hydrogen-bond acceptors (Lipinski definition) is 3. The maximum Gasteiger partial charge on any atom is 0.264 e. The number of nitrogens with two attached hydrogens (primary N) is 1. The first-order valence-electron chi connectivity index (χ1n) is 5.63. The molecule has 0 aliphatic carbocycles. The lowest BCUT2D eigenvalue weighted by molar-refractivity contribution is 0.0998. The molecule has 0 aliphatic rings. The zero-order valence-corrected chi connectivity index (χ0v) is 10.6. The first-order valence-corrected chi connectivity index (χ1v) is 5.63. The summed E-state index contributed by atoms with van der Waals surface area (Å²) in [5.74, 6) is -0.731. The third kappa shape index (κ3) is 1.88. The van der Waals surface area contributed by atoms with Crippen LogP contribution < -0.4 is 11.3 Å². The van der Waals surface area contributed by atoms with Gasteiger partial charge in [0.05, 0.1) is 11.0 Å². The van der Waals surface area contributed by atoms with E-state index in [1.807, 2.05) is 20.8 Å². The highest BCUT2D eigenvalue weighted by atomic mass is 16.2. The van der Waals surface area contributed by atoms with E-state index in [0.717, 1.165) is 0 Å². The fourth-order valence-corrected chi connectivity index (χ4v) is 1.98. The van der Waals surface area contributed by atoms with Gasteiger partial charge < -0.3 is 10.3 Å². The van der Waals surface area contributed by atoms with Crippen molar-refractivity contribution in [2.75, 3.05) is 0 Å². The first-order chi connectivity index (χ1) is 8.32. The quantitative estimate of drug-likeness (QED) is 0.821. The summed E-state index contributed by atoms with van der Waals surface area (Å²) in [4.78, 5) is 27.8. The zero-order chi connectivity index (χ0) is 13.5. The number of amides is 1. The molecule has 1 amide bonds. The van der Waals surface area contributed by atoms with Crippen molar-refractivity contribution in [3.63, 3.8) is 0 Å². The molecule has 0 atom stereocenters. The molecule has 0 spiro atoms. The molecule has 0 unspecified atom stereocenters. The van der Waals surface area contributed by atoms with Crippen LogP contribution in [0.15, 0.2) is 29.2 Å². The van der Waals surface area contributed by atoms with Crippen molar-refractivity contribution in [3.05, 3.63) is 40.3 Å². The lowest BCUT2D eigenvalue weighted by Gasteiger charge is -2.24. The number of nitrogens with zero attached hydrogens (tertiary/aromatic N) is 2. The molecule has 2 heterocycles. The summed E-state index contributed by atoms with van der Waals surface area (Å²) in [6, 6.07) is 5.01. The molecule has 2 N–H and O–H groups in total. The number of pyridine rings is 2. The van der Waals surface area contributed by atoms with E-state index in [9.17, 15) is 9.59 Å². The van der Waals surface area contributed by atoms with Crippen LogP contribution in [0.5, 0.6) is 0 Å². The monoisotopic (exact) mass is 245 g/mol. The zero-order valence-electron chi connectivity index (χ0n) is 10.6. The molecule has 2 rings (SSSR count). The van der Waals surface area contributed by atoms with Crippen LogP contribution in [-0.4, -0.2) is 15.5 Å². The average Bonchev–Trinajstić information content (AvgIpc) is 2.25. The summed E-state index contributed by atoms with van der Waals surface area (Å²) < 4.78 is 1.55. The lowest BCUT2D eigenvalue weighted by Crippen LogP contribution is -2.38. The third-order valence-electron chi connectivity index (χ3n) is 2.71. The molecule has 2 aromatic rings. The third-order valence-corrected chi connectivity index (χ3v) is 2.71. The number of hydrogen-bond donors (Lipinski definition) is 1. The Kier molecular flexibility index (Phi) is 2.69. The Morgan fingerprint density at radius 1 is 1.39 bits per heavy atom. The molecule has 0 radical (unpaired) electrons. The standard InChI is InChI=1S/C13H15N3O2/c1-13(2,3)16-10-5-4-6-15-9(10)7-8(11(14)17)12(16)18/h4-7H,1-3H3,(H2,14,17). The Balaban J connectivity index is 3.01. The molecule has 5 heteroatoms. The lowest BCUT2D eigenvalue weighted by atomic mass is 10.1. The van der Waals surface area contributed by atoms with Gasteiger partial charge in [0.25, 0.3) is 11.5 Å². The molecular formula is C13H15N3O2. The Morgan fingerprint density at radius 3 is 2.61 bits per heavy atom. The molecule has 0 aromatic carbocycles. The number of aromatic nitrogens is 2. The number of primary amides is 1.